The highest BCUT2D eigenvalue weighted by Gasteiger charge is 2.45. The Morgan fingerprint density at radius 2 is 1.62 bits per heavy atom. The summed E-state index contributed by atoms with van der Waals surface area (Å²) in [7, 11) is 0. The van der Waals surface area contributed by atoms with Gasteiger partial charge in [0.2, 0.25) is 11.8 Å². The minimum atomic E-state index is -1.25. The molecule has 0 bridgehead atoms. The molecule has 1 aromatic carbocycles. The fourth-order valence-electron chi connectivity index (χ4n) is 6.49. The van der Waals surface area contributed by atoms with Crippen LogP contribution in [0.2, 0.25) is 0 Å². The van der Waals surface area contributed by atoms with Crippen LogP contribution in [0.25, 0.3) is 10.9 Å². The number of hydrogen-bond acceptors (Lipinski definition) is 6. The topological polar surface area (TPSA) is 175 Å². The van der Waals surface area contributed by atoms with Crippen molar-refractivity contribution in [1.82, 2.24) is 20.5 Å². The third kappa shape index (κ3) is 7.56. The summed E-state index contributed by atoms with van der Waals surface area (Å²) in [4.78, 5) is 71.5. The Labute approximate surface area is 246 Å². The molecule has 0 saturated heterocycles. The minimum absolute atomic E-state index is 0.0399. The Kier molecular flexibility index (Phi) is 11.1. The Hall–Kier alpha value is -3.73. The molecular weight excluding hydrogens is 538 g/mol. The van der Waals surface area contributed by atoms with Crippen molar-refractivity contribution >= 4 is 40.4 Å². The first-order chi connectivity index (χ1) is 20.3. The van der Waals surface area contributed by atoms with Crippen molar-refractivity contribution in [2.45, 2.75) is 95.2 Å². The van der Waals surface area contributed by atoms with Gasteiger partial charge in [-0.2, -0.15) is 0 Å². The molecule has 4 rings (SSSR count). The zero-order valence-electron chi connectivity index (χ0n) is 24.1. The highest BCUT2D eigenvalue weighted by atomic mass is 16.4. The number of carbonyl (C=O) groups is 5. The van der Waals surface area contributed by atoms with Gasteiger partial charge < -0.3 is 31.4 Å². The summed E-state index contributed by atoms with van der Waals surface area (Å²) in [6.45, 7) is -0.442. The molecule has 6 N–H and O–H groups in total. The van der Waals surface area contributed by atoms with Gasteiger partial charge >= 0.3 is 5.97 Å². The maximum absolute atomic E-state index is 14.4. The molecule has 42 heavy (non-hydrogen) atoms. The lowest BCUT2D eigenvalue weighted by atomic mass is 9.81. The molecule has 0 spiro atoms. The number of fused-ring (bicyclic) bond motifs is 1. The molecule has 2 aromatic rings. The first-order valence-corrected chi connectivity index (χ1v) is 15.2. The van der Waals surface area contributed by atoms with Crippen molar-refractivity contribution < 1.29 is 29.1 Å². The second kappa shape index (κ2) is 14.9. The van der Waals surface area contributed by atoms with Gasteiger partial charge in [-0.3, -0.25) is 24.0 Å². The molecular formula is C31H43N5O6. The van der Waals surface area contributed by atoms with E-state index >= 15 is 0 Å². The second-order valence-corrected chi connectivity index (χ2v) is 11.5. The minimum Gasteiger partial charge on any atom is -0.480 e. The number of aromatic amines is 1. The molecule has 2 atom stereocenters. The lowest BCUT2D eigenvalue weighted by molar-refractivity contribution is -0.149. The SMILES string of the molecule is NCCC[C@@H](C(=O)NCC(=O)O)N(C(=O)C(=O)c1c[nH]c2ccccc12)C(C(=O)NC1CCCCC1)C1CCCCC1. The van der Waals surface area contributed by atoms with E-state index < -0.39 is 42.2 Å². The van der Waals surface area contributed by atoms with Crippen LogP contribution in [0.4, 0.5) is 0 Å². The first-order valence-electron chi connectivity index (χ1n) is 15.2. The number of rotatable bonds is 13. The van der Waals surface area contributed by atoms with Gasteiger partial charge in [-0.25, -0.2) is 0 Å². The van der Waals surface area contributed by atoms with Gasteiger partial charge in [0, 0.05) is 23.1 Å². The van der Waals surface area contributed by atoms with Gasteiger partial charge in [-0.1, -0.05) is 56.7 Å². The fraction of sp³-hybridized carbons (Fsp3) is 0.581. The third-order valence-corrected chi connectivity index (χ3v) is 8.61. The Morgan fingerprint density at radius 1 is 0.952 bits per heavy atom. The van der Waals surface area contributed by atoms with Crippen molar-refractivity contribution in [3.63, 3.8) is 0 Å². The molecule has 0 radical (unpaired) electrons. The maximum atomic E-state index is 14.4. The lowest BCUT2D eigenvalue weighted by Crippen LogP contribution is -2.63. The van der Waals surface area contributed by atoms with E-state index in [1.807, 2.05) is 6.07 Å². The molecule has 2 fully saturated rings. The number of aromatic nitrogens is 1. The summed E-state index contributed by atoms with van der Waals surface area (Å²) in [5.41, 5.74) is 6.63. The molecule has 228 valence electrons. The number of ketones is 1. The van der Waals surface area contributed by atoms with E-state index in [0.29, 0.717) is 30.2 Å². The number of benzene rings is 1. The highest BCUT2D eigenvalue weighted by molar-refractivity contribution is 6.45. The molecule has 2 saturated carbocycles. The number of amides is 3. The van der Waals surface area contributed by atoms with E-state index in [0.717, 1.165) is 51.4 Å². The number of carboxylic acids is 1. The number of para-hydroxylation sites is 1. The Morgan fingerprint density at radius 3 is 2.29 bits per heavy atom. The van der Waals surface area contributed by atoms with Crippen molar-refractivity contribution in [2.24, 2.45) is 11.7 Å². The van der Waals surface area contributed by atoms with Crippen LogP contribution in [0.15, 0.2) is 30.5 Å². The van der Waals surface area contributed by atoms with Crippen molar-refractivity contribution in [1.29, 1.82) is 0 Å². The number of hydrogen-bond donors (Lipinski definition) is 5. The monoisotopic (exact) mass is 581 g/mol. The van der Waals surface area contributed by atoms with Crippen LogP contribution in [0, 0.1) is 5.92 Å². The molecule has 11 nitrogen and oxygen atoms in total. The summed E-state index contributed by atoms with van der Waals surface area (Å²) < 4.78 is 0. The molecule has 1 aromatic heterocycles. The molecule has 11 heteroatoms. The van der Waals surface area contributed by atoms with Crippen LogP contribution in [-0.2, 0) is 19.2 Å². The number of nitrogens with one attached hydrogen (secondary N) is 3. The smallest absolute Gasteiger partial charge is 0.322 e. The molecule has 2 aliphatic rings. The molecule has 3 amide bonds. The van der Waals surface area contributed by atoms with E-state index in [9.17, 15) is 29.1 Å². The number of nitrogens with two attached hydrogens (primary N) is 1. The number of Topliss-reactive ketones (excluding diaryl/α,β-unsaturated/α-hetero) is 1. The zero-order chi connectivity index (χ0) is 30.1. The second-order valence-electron chi connectivity index (χ2n) is 11.5. The predicted molar refractivity (Wildman–Crippen MR) is 158 cm³/mol. The predicted octanol–water partition coefficient (Wildman–Crippen LogP) is 2.89. The number of nitrogens with zero attached hydrogens (tertiary/aromatic N) is 1. The van der Waals surface area contributed by atoms with Gasteiger partial charge in [0.15, 0.2) is 0 Å². The largest absolute Gasteiger partial charge is 0.480 e. The summed E-state index contributed by atoms with van der Waals surface area (Å²) in [6.07, 6.45) is 10.7. The van der Waals surface area contributed by atoms with Crippen LogP contribution >= 0.6 is 0 Å². The average molecular weight is 582 g/mol. The third-order valence-electron chi connectivity index (χ3n) is 8.61. The van der Waals surface area contributed by atoms with E-state index in [1.165, 1.54) is 11.1 Å². The van der Waals surface area contributed by atoms with E-state index in [4.69, 9.17) is 5.73 Å². The van der Waals surface area contributed by atoms with Crippen LogP contribution in [0.5, 0.6) is 0 Å². The van der Waals surface area contributed by atoms with Crippen LogP contribution in [0.3, 0.4) is 0 Å². The average Bonchev–Trinajstić information content (AvgIpc) is 3.44. The summed E-state index contributed by atoms with van der Waals surface area (Å²) in [5.74, 6) is -4.37. The number of aliphatic carboxylic acids is 1. The maximum Gasteiger partial charge on any atom is 0.322 e. The Bertz CT molecular complexity index is 1260. The molecule has 2 aliphatic carbocycles. The van der Waals surface area contributed by atoms with Crippen LogP contribution in [0.1, 0.15) is 87.4 Å². The molecule has 1 unspecified atom stereocenters. The van der Waals surface area contributed by atoms with E-state index in [2.05, 4.69) is 15.6 Å². The fourth-order valence-corrected chi connectivity index (χ4v) is 6.49. The van der Waals surface area contributed by atoms with E-state index in [1.54, 1.807) is 18.2 Å². The van der Waals surface area contributed by atoms with Gasteiger partial charge in [-0.05, 0) is 57.1 Å². The normalized spacial score (nSPS) is 17.7. The quantitative estimate of drug-likeness (QED) is 0.178. The summed E-state index contributed by atoms with van der Waals surface area (Å²) in [6, 6.07) is 4.75. The number of carbonyl (C=O) groups excluding carboxylic acids is 4. The van der Waals surface area contributed by atoms with E-state index in [-0.39, 0.29) is 36.4 Å². The molecule has 0 aliphatic heterocycles. The number of carboxylic acid groups (broad SMARTS) is 1. The van der Waals surface area contributed by atoms with Crippen molar-refractivity contribution in [3.05, 3.63) is 36.0 Å². The summed E-state index contributed by atoms with van der Waals surface area (Å²) >= 11 is 0. The Balaban J connectivity index is 1.78. The number of H-pyrrole nitrogens is 1. The van der Waals surface area contributed by atoms with Crippen molar-refractivity contribution in [3.8, 4) is 0 Å². The lowest BCUT2D eigenvalue weighted by Gasteiger charge is -2.42. The summed E-state index contributed by atoms with van der Waals surface area (Å²) in [5, 5.41) is 15.3. The van der Waals surface area contributed by atoms with Gasteiger partial charge in [0.1, 0.15) is 18.6 Å². The first kappa shape index (κ1) is 31.2. The van der Waals surface area contributed by atoms with Crippen LogP contribution < -0.4 is 16.4 Å². The van der Waals surface area contributed by atoms with Gasteiger partial charge in [0.25, 0.3) is 11.7 Å². The van der Waals surface area contributed by atoms with Crippen molar-refractivity contribution in [2.75, 3.05) is 13.1 Å². The van der Waals surface area contributed by atoms with Crippen LogP contribution in [-0.4, -0.2) is 75.7 Å². The van der Waals surface area contributed by atoms with Gasteiger partial charge in [0.05, 0.1) is 5.56 Å². The highest BCUT2D eigenvalue weighted by Crippen LogP contribution is 2.32. The zero-order valence-corrected chi connectivity index (χ0v) is 24.1. The molecule has 1 heterocycles. The van der Waals surface area contributed by atoms with Gasteiger partial charge in [-0.15, -0.1) is 0 Å². The standard InChI is InChI=1S/C31H43N5O6/c32-17-9-16-25(29(40)34-19-26(37)38)36(31(42)28(39)23-18-33-24-15-8-7-14-22(23)24)27(20-10-3-1-4-11-20)30(41)35-21-12-5-2-6-13-21/h7-8,14-15,18,20-21,25,27,33H,1-6,9-13,16-17,19,32H2,(H,34,40)(H,35,41)(H,37,38)/t25-,27?/m0/s1.